The maximum Gasteiger partial charge on any atom is 0.161 e. The summed E-state index contributed by atoms with van der Waals surface area (Å²) in [5.74, 6) is 7.38. The summed E-state index contributed by atoms with van der Waals surface area (Å²) in [6.45, 7) is 3.47. The average molecular weight is 284 g/mol. The molecule has 1 heterocycles. The highest BCUT2D eigenvalue weighted by atomic mass is 16.5. The highest BCUT2D eigenvalue weighted by Crippen LogP contribution is 2.34. The largest absolute Gasteiger partial charge is 0.490 e. The Kier molecular flexibility index (Phi) is 4.08. The Morgan fingerprint density at radius 3 is 2.57 bits per heavy atom. The number of ether oxygens (including phenoxy) is 2. The van der Waals surface area contributed by atoms with Gasteiger partial charge in [-0.25, -0.2) is 5.43 Å². The van der Waals surface area contributed by atoms with Crippen LogP contribution in [0.4, 0.5) is 0 Å². The van der Waals surface area contributed by atoms with Crippen LogP contribution >= 0.6 is 0 Å². The SMILES string of the molecule is Cc1ccccc1C(NN)c1ccc2c(c1)OCCCO2. The minimum Gasteiger partial charge on any atom is -0.490 e. The third kappa shape index (κ3) is 2.86. The van der Waals surface area contributed by atoms with Crippen LogP contribution in [0.3, 0.4) is 0 Å². The molecule has 1 aliphatic heterocycles. The predicted octanol–water partition coefficient (Wildman–Crippen LogP) is 2.71. The fourth-order valence-corrected chi connectivity index (χ4v) is 2.64. The van der Waals surface area contributed by atoms with Gasteiger partial charge in [0, 0.05) is 6.42 Å². The number of aryl methyl sites for hydroxylation is 1. The second-order valence-electron chi connectivity index (χ2n) is 5.21. The molecule has 3 rings (SSSR count). The van der Waals surface area contributed by atoms with Gasteiger partial charge in [-0.2, -0.15) is 0 Å². The summed E-state index contributed by atoms with van der Waals surface area (Å²) in [7, 11) is 0. The second kappa shape index (κ2) is 6.16. The Morgan fingerprint density at radius 1 is 1.05 bits per heavy atom. The van der Waals surface area contributed by atoms with Gasteiger partial charge in [-0.3, -0.25) is 5.84 Å². The third-order valence-corrected chi connectivity index (χ3v) is 3.77. The molecular formula is C17H20N2O2. The van der Waals surface area contributed by atoms with Gasteiger partial charge >= 0.3 is 0 Å². The summed E-state index contributed by atoms with van der Waals surface area (Å²) in [6.07, 6.45) is 0.903. The number of hydrogen-bond acceptors (Lipinski definition) is 4. The lowest BCUT2D eigenvalue weighted by atomic mass is 9.95. The minimum absolute atomic E-state index is 0.0663. The molecule has 0 fully saturated rings. The van der Waals surface area contributed by atoms with Crippen molar-refractivity contribution in [1.82, 2.24) is 5.43 Å². The molecular weight excluding hydrogens is 264 g/mol. The van der Waals surface area contributed by atoms with Crippen molar-refractivity contribution < 1.29 is 9.47 Å². The molecule has 0 saturated carbocycles. The Bertz CT molecular complexity index is 628. The van der Waals surface area contributed by atoms with Crippen LogP contribution < -0.4 is 20.7 Å². The van der Waals surface area contributed by atoms with Crippen LogP contribution in [0.25, 0.3) is 0 Å². The summed E-state index contributed by atoms with van der Waals surface area (Å²) >= 11 is 0. The first-order valence-corrected chi connectivity index (χ1v) is 7.21. The Hall–Kier alpha value is -2.04. The number of fused-ring (bicyclic) bond motifs is 1. The highest BCUT2D eigenvalue weighted by molar-refractivity contribution is 5.47. The van der Waals surface area contributed by atoms with E-state index in [0.717, 1.165) is 29.0 Å². The number of hydrazine groups is 1. The van der Waals surface area contributed by atoms with Crippen molar-refractivity contribution in [3.63, 3.8) is 0 Å². The van der Waals surface area contributed by atoms with Crippen LogP contribution in [0, 0.1) is 6.92 Å². The first kappa shape index (κ1) is 13.9. The van der Waals surface area contributed by atoms with E-state index in [4.69, 9.17) is 15.3 Å². The smallest absolute Gasteiger partial charge is 0.161 e. The zero-order chi connectivity index (χ0) is 14.7. The summed E-state index contributed by atoms with van der Waals surface area (Å²) in [6, 6.07) is 14.2. The molecule has 4 nitrogen and oxygen atoms in total. The van der Waals surface area contributed by atoms with Crippen molar-refractivity contribution in [2.75, 3.05) is 13.2 Å². The number of nitrogens with two attached hydrogens (primary N) is 1. The predicted molar refractivity (Wildman–Crippen MR) is 82.4 cm³/mol. The molecule has 110 valence electrons. The van der Waals surface area contributed by atoms with Gasteiger partial charge in [-0.05, 0) is 35.7 Å². The van der Waals surface area contributed by atoms with Crippen LogP contribution in [0.1, 0.15) is 29.2 Å². The van der Waals surface area contributed by atoms with Gasteiger partial charge in [0.15, 0.2) is 11.5 Å². The molecule has 0 saturated heterocycles. The lowest BCUT2D eigenvalue weighted by Crippen LogP contribution is -2.29. The maximum atomic E-state index is 5.79. The van der Waals surface area contributed by atoms with Crippen LogP contribution in [-0.2, 0) is 0 Å². The van der Waals surface area contributed by atoms with Crippen molar-refractivity contribution in [3.05, 3.63) is 59.2 Å². The molecule has 1 atom stereocenters. The normalized spacial score (nSPS) is 15.3. The lowest BCUT2D eigenvalue weighted by molar-refractivity contribution is 0.297. The van der Waals surface area contributed by atoms with Crippen LogP contribution in [-0.4, -0.2) is 13.2 Å². The van der Waals surface area contributed by atoms with Gasteiger partial charge in [0.05, 0.1) is 19.3 Å². The van der Waals surface area contributed by atoms with Gasteiger partial charge in [0.1, 0.15) is 0 Å². The van der Waals surface area contributed by atoms with E-state index in [1.54, 1.807) is 0 Å². The maximum absolute atomic E-state index is 5.79. The van der Waals surface area contributed by atoms with E-state index < -0.39 is 0 Å². The van der Waals surface area contributed by atoms with Gasteiger partial charge < -0.3 is 9.47 Å². The summed E-state index contributed by atoms with van der Waals surface area (Å²) in [4.78, 5) is 0. The van der Waals surface area contributed by atoms with Crippen LogP contribution in [0.5, 0.6) is 11.5 Å². The second-order valence-corrected chi connectivity index (χ2v) is 5.21. The van der Waals surface area contributed by atoms with Crippen molar-refractivity contribution in [3.8, 4) is 11.5 Å². The van der Waals surface area contributed by atoms with E-state index in [1.807, 2.05) is 30.3 Å². The Balaban J connectivity index is 1.98. The molecule has 1 unspecified atom stereocenters. The van der Waals surface area contributed by atoms with Gasteiger partial charge in [-0.15, -0.1) is 0 Å². The lowest BCUT2D eigenvalue weighted by Gasteiger charge is -2.20. The molecule has 2 aromatic carbocycles. The van der Waals surface area contributed by atoms with Crippen molar-refractivity contribution in [2.45, 2.75) is 19.4 Å². The standard InChI is InChI=1S/C17H20N2O2/c1-12-5-2-3-6-14(12)17(19-18)13-7-8-15-16(11-13)21-10-4-9-20-15/h2-3,5-8,11,17,19H,4,9-10,18H2,1H3. The quantitative estimate of drug-likeness (QED) is 0.672. The molecule has 4 heteroatoms. The van der Waals surface area contributed by atoms with E-state index in [1.165, 1.54) is 5.56 Å². The highest BCUT2D eigenvalue weighted by Gasteiger charge is 2.18. The molecule has 2 aromatic rings. The minimum atomic E-state index is -0.0663. The number of rotatable bonds is 3. The molecule has 0 aromatic heterocycles. The van der Waals surface area contributed by atoms with Crippen LogP contribution in [0.2, 0.25) is 0 Å². The summed E-state index contributed by atoms with van der Waals surface area (Å²) in [5.41, 5.74) is 6.33. The zero-order valence-corrected chi connectivity index (χ0v) is 12.1. The van der Waals surface area contributed by atoms with Crippen molar-refractivity contribution >= 4 is 0 Å². The molecule has 0 bridgehead atoms. The Labute approximate surface area is 124 Å². The Morgan fingerprint density at radius 2 is 1.81 bits per heavy atom. The van der Waals surface area contributed by atoms with Crippen LogP contribution in [0.15, 0.2) is 42.5 Å². The molecule has 21 heavy (non-hydrogen) atoms. The van der Waals surface area contributed by atoms with E-state index >= 15 is 0 Å². The fraction of sp³-hybridized carbons (Fsp3) is 0.294. The fourth-order valence-electron chi connectivity index (χ4n) is 2.64. The summed E-state index contributed by atoms with van der Waals surface area (Å²) < 4.78 is 11.4. The molecule has 3 N–H and O–H groups in total. The molecule has 0 radical (unpaired) electrons. The monoisotopic (exact) mass is 284 g/mol. The summed E-state index contributed by atoms with van der Waals surface area (Å²) in [5, 5.41) is 0. The first-order valence-electron chi connectivity index (χ1n) is 7.21. The first-order chi connectivity index (χ1) is 10.3. The third-order valence-electron chi connectivity index (χ3n) is 3.77. The molecule has 0 amide bonds. The van der Waals surface area contributed by atoms with Gasteiger partial charge in [-0.1, -0.05) is 30.3 Å². The van der Waals surface area contributed by atoms with Gasteiger partial charge in [0.2, 0.25) is 0 Å². The molecule has 0 aliphatic carbocycles. The number of hydrogen-bond donors (Lipinski definition) is 2. The van der Waals surface area contributed by atoms with E-state index in [2.05, 4.69) is 24.5 Å². The van der Waals surface area contributed by atoms with E-state index in [0.29, 0.717) is 13.2 Å². The van der Waals surface area contributed by atoms with E-state index in [9.17, 15) is 0 Å². The van der Waals surface area contributed by atoms with E-state index in [-0.39, 0.29) is 6.04 Å². The molecule has 1 aliphatic rings. The number of nitrogens with one attached hydrogen (secondary N) is 1. The number of benzene rings is 2. The van der Waals surface area contributed by atoms with Gasteiger partial charge in [0.25, 0.3) is 0 Å². The topological polar surface area (TPSA) is 56.5 Å². The average Bonchev–Trinajstić information content (AvgIpc) is 2.75. The molecule has 0 spiro atoms. The van der Waals surface area contributed by atoms with Crippen molar-refractivity contribution in [2.24, 2.45) is 5.84 Å². The zero-order valence-electron chi connectivity index (χ0n) is 12.1. The van der Waals surface area contributed by atoms with Crippen molar-refractivity contribution in [1.29, 1.82) is 0 Å².